The number of nitrogens with one attached hydrogen (secondary N) is 1. The summed E-state index contributed by atoms with van der Waals surface area (Å²) in [6, 6.07) is 0.644. The monoisotopic (exact) mass is 291 g/mol. The Kier molecular flexibility index (Phi) is 8.26. The Morgan fingerprint density at radius 2 is 2.11 bits per heavy atom. The first-order valence-corrected chi connectivity index (χ1v) is 7.47. The van der Waals surface area contributed by atoms with Crippen LogP contribution in [0.1, 0.15) is 19.8 Å². The van der Waals surface area contributed by atoms with Gasteiger partial charge in [-0.15, -0.1) is 12.4 Å². The Hall–Kier alpha value is 0.130. The molecule has 0 aliphatic carbocycles. The second-order valence-electron chi connectivity index (χ2n) is 5.91. The van der Waals surface area contributed by atoms with Crippen LogP contribution < -0.4 is 5.32 Å². The van der Waals surface area contributed by atoms with Gasteiger partial charge >= 0.3 is 0 Å². The molecule has 2 fully saturated rings. The smallest absolute Gasteiger partial charge is 0.0594 e. The van der Waals surface area contributed by atoms with E-state index in [9.17, 15) is 0 Å². The third-order valence-electron chi connectivity index (χ3n) is 4.32. The van der Waals surface area contributed by atoms with Crippen molar-refractivity contribution >= 4 is 12.4 Å². The Bertz CT molecular complexity index is 207. The van der Waals surface area contributed by atoms with E-state index in [0.29, 0.717) is 6.04 Å². The molecule has 2 saturated heterocycles. The predicted molar refractivity (Wildman–Crippen MR) is 82.2 cm³/mol. The normalized spacial score (nSPS) is 27.0. The van der Waals surface area contributed by atoms with Gasteiger partial charge in [-0.1, -0.05) is 0 Å². The molecule has 0 aromatic heterocycles. The van der Waals surface area contributed by atoms with Crippen LogP contribution in [0.25, 0.3) is 0 Å². The summed E-state index contributed by atoms with van der Waals surface area (Å²) >= 11 is 0. The Morgan fingerprint density at radius 1 is 1.37 bits per heavy atom. The zero-order valence-corrected chi connectivity index (χ0v) is 13.3. The molecule has 0 saturated carbocycles. The van der Waals surface area contributed by atoms with Gasteiger partial charge in [0, 0.05) is 32.2 Å². The highest BCUT2D eigenvalue weighted by molar-refractivity contribution is 5.85. The number of nitrogens with zero attached hydrogens (tertiary/aromatic N) is 2. The van der Waals surface area contributed by atoms with Gasteiger partial charge < -0.3 is 15.0 Å². The maximum Gasteiger partial charge on any atom is 0.0594 e. The lowest BCUT2D eigenvalue weighted by atomic mass is 9.99. The number of piperidine rings is 1. The van der Waals surface area contributed by atoms with E-state index in [1.807, 2.05) is 0 Å². The molecule has 19 heavy (non-hydrogen) atoms. The first-order valence-electron chi connectivity index (χ1n) is 7.47. The van der Waals surface area contributed by atoms with E-state index in [0.717, 1.165) is 32.2 Å². The van der Waals surface area contributed by atoms with Crippen molar-refractivity contribution in [2.75, 3.05) is 59.5 Å². The number of hydrogen-bond donors (Lipinski definition) is 1. The van der Waals surface area contributed by atoms with Gasteiger partial charge in [0.1, 0.15) is 0 Å². The van der Waals surface area contributed by atoms with Crippen molar-refractivity contribution in [3.63, 3.8) is 0 Å². The number of hydrogen-bond acceptors (Lipinski definition) is 4. The van der Waals surface area contributed by atoms with Gasteiger partial charge in [-0.05, 0) is 45.8 Å². The highest BCUT2D eigenvalue weighted by Gasteiger charge is 2.20. The molecule has 0 radical (unpaired) electrons. The minimum absolute atomic E-state index is 0. The fraction of sp³-hybridized carbons (Fsp3) is 1.00. The van der Waals surface area contributed by atoms with E-state index in [-0.39, 0.29) is 12.4 Å². The molecular formula is C14H30ClN3O. The average Bonchev–Trinajstić information content (AvgIpc) is 2.41. The molecule has 114 valence electrons. The fourth-order valence-electron chi connectivity index (χ4n) is 2.96. The topological polar surface area (TPSA) is 27.7 Å². The summed E-state index contributed by atoms with van der Waals surface area (Å²) < 4.78 is 5.40. The molecule has 4 nitrogen and oxygen atoms in total. The number of halogens is 1. The van der Waals surface area contributed by atoms with Crippen LogP contribution in [0.4, 0.5) is 0 Å². The maximum atomic E-state index is 5.40. The molecule has 5 heteroatoms. The van der Waals surface area contributed by atoms with E-state index in [2.05, 4.69) is 29.1 Å². The lowest BCUT2D eigenvalue weighted by molar-refractivity contribution is 0.0253. The van der Waals surface area contributed by atoms with Crippen molar-refractivity contribution in [2.45, 2.75) is 25.8 Å². The van der Waals surface area contributed by atoms with Crippen LogP contribution in [0.15, 0.2) is 0 Å². The minimum atomic E-state index is 0. The Labute approximate surface area is 124 Å². The summed E-state index contributed by atoms with van der Waals surface area (Å²) in [5.74, 6) is 0.843. The Balaban J connectivity index is 0.00000180. The fourth-order valence-corrected chi connectivity index (χ4v) is 2.96. The lowest BCUT2D eigenvalue weighted by Crippen LogP contribution is -2.47. The summed E-state index contributed by atoms with van der Waals surface area (Å²) in [4.78, 5) is 5.07. The second kappa shape index (κ2) is 9.14. The summed E-state index contributed by atoms with van der Waals surface area (Å²) in [5, 5.41) is 3.51. The highest BCUT2D eigenvalue weighted by Crippen LogP contribution is 2.13. The number of likely N-dealkylation sites (N-methyl/N-ethyl adjacent to an activating group) is 1. The van der Waals surface area contributed by atoms with Gasteiger partial charge in [0.05, 0.1) is 13.2 Å². The second-order valence-corrected chi connectivity index (χ2v) is 5.91. The van der Waals surface area contributed by atoms with Crippen molar-refractivity contribution in [1.29, 1.82) is 0 Å². The molecule has 0 aromatic rings. The van der Waals surface area contributed by atoms with Crippen LogP contribution in [0.3, 0.4) is 0 Å². The summed E-state index contributed by atoms with van der Waals surface area (Å²) in [6.45, 7) is 11.2. The van der Waals surface area contributed by atoms with E-state index in [1.165, 1.54) is 39.0 Å². The molecular weight excluding hydrogens is 262 g/mol. The quantitative estimate of drug-likeness (QED) is 0.820. The predicted octanol–water partition coefficient (Wildman–Crippen LogP) is 1.06. The van der Waals surface area contributed by atoms with E-state index in [4.69, 9.17) is 4.74 Å². The van der Waals surface area contributed by atoms with Gasteiger partial charge in [-0.25, -0.2) is 0 Å². The van der Waals surface area contributed by atoms with Crippen LogP contribution in [0, 0.1) is 5.92 Å². The molecule has 2 unspecified atom stereocenters. The van der Waals surface area contributed by atoms with Gasteiger partial charge in [0.15, 0.2) is 0 Å². The number of ether oxygens (including phenoxy) is 1. The van der Waals surface area contributed by atoms with Crippen molar-refractivity contribution in [1.82, 2.24) is 15.1 Å². The van der Waals surface area contributed by atoms with Crippen molar-refractivity contribution in [2.24, 2.45) is 5.92 Å². The molecule has 2 rings (SSSR count). The summed E-state index contributed by atoms with van der Waals surface area (Å²) in [6.07, 6.45) is 2.73. The minimum Gasteiger partial charge on any atom is -0.379 e. The molecule has 2 atom stereocenters. The lowest BCUT2D eigenvalue weighted by Gasteiger charge is -2.35. The Morgan fingerprint density at radius 3 is 2.74 bits per heavy atom. The van der Waals surface area contributed by atoms with Crippen molar-refractivity contribution < 1.29 is 4.74 Å². The van der Waals surface area contributed by atoms with E-state index >= 15 is 0 Å². The van der Waals surface area contributed by atoms with Crippen LogP contribution >= 0.6 is 12.4 Å². The molecule has 0 bridgehead atoms. The summed E-state index contributed by atoms with van der Waals surface area (Å²) in [5.41, 5.74) is 0. The standard InChI is InChI=1S/C14H29N3O.ClH/c1-13(11-17-6-8-18-9-7-17)16(2)12-14-4-3-5-15-10-14;/h13-15H,3-12H2,1-2H3;1H. The van der Waals surface area contributed by atoms with Gasteiger partial charge in [0.2, 0.25) is 0 Å². The first kappa shape index (κ1) is 17.2. The molecule has 2 aliphatic rings. The molecule has 0 spiro atoms. The SMILES string of the molecule is CC(CN1CCOCC1)N(C)CC1CCCNC1.Cl. The molecule has 0 aromatic carbocycles. The highest BCUT2D eigenvalue weighted by atomic mass is 35.5. The van der Waals surface area contributed by atoms with Crippen LogP contribution in [0.5, 0.6) is 0 Å². The zero-order chi connectivity index (χ0) is 12.8. The number of morpholine rings is 1. The van der Waals surface area contributed by atoms with Crippen LogP contribution in [0.2, 0.25) is 0 Å². The van der Waals surface area contributed by atoms with Gasteiger partial charge in [-0.3, -0.25) is 4.90 Å². The largest absolute Gasteiger partial charge is 0.379 e. The van der Waals surface area contributed by atoms with E-state index in [1.54, 1.807) is 0 Å². The van der Waals surface area contributed by atoms with Gasteiger partial charge in [-0.2, -0.15) is 0 Å². The third-order valence-corrected chi connectivity index (χ3v) is 4.32. The maximum absolute atomic E-state index is 5.40. The third kappa shape index (κ3) is 5.96. The summed E-state index contributed by atoms with van der Waals surface area (Å²) in [7, 11) is 2.28. The zero-order valence-electron chi connectivity index (χ0n) is 12.4. The number of rotatable bonds is 5. The molecule has 2 aliphatic heterocycles. The van der Waals surface area contributed by atoms with E-state index < -0.39 is 0 Å². The van der Waals surface area contributed by atoms with Crippen molar-refractivity contribution in [3.8, 4) is 0 Å². The molecule has 2 heterocycles. The average molecular weight is 292 g/mol. The van der Waals surface area contributed by atoms with Gasteiger partial charge in [0.25, 0.3) is 0 Å². The van der Waals surface area contributed by atoms with Crippen molar-refractivity contribution in [3.05, 3.63) is 0 Å². The first-order chi connectivity index (χ1) is 8.75. The molecule has 0 amide bonds. The molecule has 1 N–H and O–H groups in total. The van der Waals surface area contributed by atoms with Crippen LogP contribution in [-0.4, -0.2) is 75.4 Å². The van der Waals surface area contributed by atoms with Crippen LogP contribution in [-0.2, 0) is 4.74 Å².